The van der Waals surface area contributed by atoms with Crippen LogP contribution in [-0.2, 0) is 18.0 Å². The zero-order valence-electron chi connectivity index (χ0n) is 13.4. The van der Waals surface area contributed by atoms with Gasteiger partial charge in [-0.1, -0.05) is 6.07 Å². The molecule has 0 radical (unpaired) electrons. The summed E-state index contributed by atoms with van der Waals surface area (Å²) in [6.45, 7) is 0.845. The first-order chi connectivity index (χ1) is 10.7. The Labute approximate surface area is 137 Å². The molecule has 0 saturated carbocycles. The van der Waals surface area contributed by atoms with Gasteiger partial charge in [-0.15, -0.1) is 11.8 Å². The molecule has 0 aromatic carbocycles. The largest absolute Gasteiger partial charge is 0.500 e. The third kappa shape index (κ3) is 7.19. The molecule has 1 atom stereocenters. The molecule has 8 heteroatoms. The third-order valence-electron chi connectivity index (χ3n) is 3.08. The Balaban J connectivity index is 2.11. The Hall–Kier alpha value is -0.483. The Morgan fingerprint density at radius 3 is 2.55 bits per heavy atom. The lowest BCUT2D eigenvalue weighted by atomic mass is 10.4. The predicted molar refractivity (Wildman–Crippen MR) is 88.0 cm³/mol. The van der Waals surface area contributed by atoms with Crippen LogP contribution in [0.1, 0.15) is 6.42 Å². The van der Waals surface area contributed by atoms with Crippen LogP contribution in [-0.4, -0.2) is 65.3 Å². The lowest BCUT2D eigenvalue weighted by molar-refractivity contribution is 0.0462. The van der Waals surface area contributed by atoms with Gasteiger partial charge in [0.15, 0.2) is 0 Å². The van der Waals surface area contributed by atoms with Gasteiger partial charge in [-0.25, -0.2) is 4.98 Å². The molecule has 1 rings (SSSR count). The summed E-state index contributed by atoms with van der Waals surface area (Å²) in [6.07, 6.45) is 1.99. The summed E-state index contributed by atoms with van der Waals surface area (Å²) in [5, 5.41) is 10.8. The van der Waals surface area contributed by atoms with E-state index in [2.05, 4.69) is 4.98 Å². The fraction of sp³-hybridized carbons (Fsp3) is 0.643. The second-order valence-corrected chi connectivity index (χ2v) is 8.74. The zero-order valence-corrected chi connectivity index (χ0v) is 15.2. The first-order valence-corrected chi connectivity index (χ1v) is 10.0. The molecule has 0 bridgehead atoms. The third-order valence-corrected chi connectivity index (χ3v) is 7.00. The molecule has 6 nitrogen and oxygen atoms in total. The van der Waals surface area contributed by atoms with Crippen molar-refractivity contribution in [2.45, 2.75) is 23.6 Å². The van der Waals surface area contributed by atoms with E-state index in [4.69, 9.17) is 18.0 Å². The Morgan fingerprint density at radius 2 is 1.95 bits per heavy atom. The summed E-state index contributed by atoms with van der Waals surface area (Å²) in [5.41, 5.74) is 0. The average molecular weight is 348 g/mol. The van der Waals surface area contributed by atoms with E-state index in [-0.39, 0.29) is 0 Å². The summed E-state index contributed by atoms with van der Waals surface area (Å²) in [7, 11) is 2.28. The molecule has 0 spiro atoms. The smallest absolute Gasteiger partial charge is 0.390 e. The van der Waals surface area contributed by atoms with Gasteiger partial charge < -0.3 is 23.1 Å². The van der Waals surface area contributed by atoms with Crippen molar-refractivity contribution in [3.05, 3.63) is 24.4 Å². The van der Waals surface area contributed by atoms with E-state index >= 15 is 0 Å². The van der Waals surface area contributed by atoms with Crippen molar-refractivity contribution < 1.29 is 23.1 Å². The molecule has 1 N–H and O–H groups in total. The van der Waals surface area contributed by atoms with Crippen molar-refractivity contribution in [3.63, 3.8) is 0 Å². The molecule has 0 fully saturated rings. The van der Waals surface area contributed by atoms with Crippen molar-refractivity contribution >= 4 is 20.6 Å². The van der Waals surface area contributed by atoms with Crippen molar-refractivity contribution in [2.75, 3.05) is 40.3 Å². The first-order valence-electron chi connectivity index (χ1n) is 7.11. The van der Waals surface area contributed by atoms with Crippen LogP contribution in [0.15, 0.2) is 29.4 Å². The molecule has 0 saturated heterocycles. The molecule has 0 amide bonds. The first kappa shape index (κ1) is 19.6. The molecule has 1 aromatic heterocycles. The van der Waals surface area contributed by atoms with Crippen LogP contribution in [0.5, 0.6) is 0 Å². The van der Waals surface area contributed by atoms with Crippen molar-refractivity contribution in [3.8, 4) is 0 Å². The Bertz CT molecular complexity index is 386. The van der Waals surface area contributed by atoms with Crippen LogP contribution in [0, 0.1) is 0 Å². The van der Waals surface area contributed by atoms with Gasteiger partial charge in [0.25, 0.3) is 0 Å². The van der Waals surface area contributed by atoms with Crippen molar-refractivity contribution in [1.82, 2.24) is 4.98 Å². The molecular formula is C14H25NO5SSi. The van der Waals surface area contributed by atoms with Crippen LogP contribution in [0.2, 0.25) is 6.04 Å². The maximum Gasteiger partial charge on any atom is 0.500 e. The van der Waals surface area contributed by atoms with E-state index in [0.29, 0.717) is 25.0 Å². The number of rotatable bonds is 12. The highest BCUT2D eigenvalue weighted by Gasteiger charge is 2.36. The van der Waals surface area contributed by atoms with Gasteiger partial charge in [0.1, 0.15) is 0 Å². The minimum absolute atomic E-state index is 0.307. The van der Waals surface area contributed by atoms with E-state index in [1.165, 1.54) is 11.8 Å². The van der Waals surface area contributed by atoms with Crippen LogP contribution in [0.4, 0.5) is 0 Å². The number of nitrogens with zero attached hydrogens (tertiary/aromatic N) is 1. The molecule has 1 unspecified atom stereocenters. The lowest BCUT2D eigenvalue weighted by Gasteiger charge is -2.24. The molecule has 1 aromatic rings. The summed E-state index contributed by atoms with van der Waals surface area (Å²) < 4.78 is 21.5. The number of aromatic nitrogens is 1. The number of ether oxygens (including phenoxy) is 1. The van der Waals surface area contributed by atoms with Gasteiger partial charge in [0.05, 0.1) is 17.7 Å². The van der Waals surface area contributed by atoms with E-state index in [0.717, 1.165) is 11.4 Å². The fourth-order valence-electron chi connectivity index (χ4n) is 1.83. The maximum absolute atomic E-state index is 9.87. The van der Waals surface area contributed by atoms with E-state index < -0.39 is 14.9 Å². The number of hydrogen-bond acceptors (Lipinski definition) is 7. The summed E-state index contributed by atoms with van der Waals surface area (Å²) >= 11 is 1.51. The maximum atomic E-state index is 9.87. The summed E-state index contributed by atoms with van der Waals surface area (Å²) in [6, 6.07) is 6.40. The monoisotopic (exact) mass is 347 g/mol. The highest BCUT2D eigenvalue weighted by Crippen LogP contribution is 2.16. The molecule has 126 valence electrons. The van der Waals surface area contributed by atoms with Crippen molar-refractivity contribution in [2.24, 2.45) is 0 Å². The number of aliphatic hydroxyl groups is 1. The fourth-order valence-corrected chi connectivity index (χ4v) is 4.29. The van der Waals surface area contributed by atoms with E-state index in [9.17, 15) is 5.11 Å². The molecule has 0 aliphatic heterocycles. The quantitative estimate of drug-likeness (QED) is 0.351. The lowest BCUT2D eigenvalue weighted by Crippen LogP contribution is -2.42. The highest BCUT2D eigenvalue weighted by molar-refractivity contribution is 7.99. The predicted octanol–water partition coefficient (Wildman–Crippen LogP) is 1.82. The number of thioether (sulfide) groups is 1. The van der Waals surface area contributed by atoms with Gasteiger partial charge in [-0.05, 0) is 18.6 Å². The second kappa shape index (κ2) is 11.1. The number of pyridine rings is 1. The number of hydrogen-bond donors (Lipinski definition) is 1. The van der Waals surface area contributed by atoms with Crippen LogP contribution >= 0.6 is 11.8 Å². The average Bonchev–Trinajstić information content (AvgIpc) is 2.58. The van der Waals surface area contributed by atoms with Crippen LogP contribution in [0.3, 0.4) is 0 Å². The van der Waals surface area contributed by atoms with Gasteiger partial charge in [0.2, 0.25) is 0 Å². The van der Waals surface area contributed by atoms with Crippen LogP contribution in [0.25, 0.3) is 0 Å². The topological polar surface area (TPSA) is 70.0 Å². The minimum Gasteiger partial charge on any atom is -0.390 e. The number of aliphatic hydroxyl groups excluding tert-OH is 1. The summed E-state index contributed by atoms with van der Waals surface area (Å²) in [4.78, 5) is 4.19. The molecule has 0 aliphatic rings. The van der Waals surface area contributed by atoms with Gasteiger partial charge in [0, 0.05) is 45.9 Å². The second-order valence-electron chi connectivity index (χ2n) is 4.61. The standard InChI is InChI=1S/C14H25NO5SSi/c1-17-22(18-2,19-3)10-6-9-20-11-13(16)12-21-14-7-4-5-8-15-14/h4-5,7-8,13,16H,6,9-12H2,1-3H3. The zero-order chi connectivity index (χ0) is 16.3. The molecule has 22 heavy (non-hydrogen) atoms. The normalized spacial score (nSPS) is 13.3. The Kier molecular flexibility index (Phi) is 9.88. The molecular weight excluding hydrogens is 322 g/mol. The van der Waals surface area contributed by atoms with Gasteiger partial charge in [-0.2, -0.15) is 0 Å². The van der Waals surface area contributed by atoms with Gasteiger partial charge >= 0.3 is 8.80 Å². The molecule has 0 aliphatic carbocycles. The SMILES string of the molecule is CO[Si](CCCOCC(O)CSc1ccccn1)(OC)OC. The van der Waals surface area contributed by atoms with Gasteiger partial charge in [-0.3, -0.25) is 0 Å². The van der Waals surface area contributed by atoms with E-state index in [1.54, 1.807) is 27.5 Å². The summed E-state index contributed by atoms with van der Waals surface area (Å²) in [5.74, 6) is 0.559. The minimum atomic E-state index is -2.51. The Morgan fingerprint density at radius 1 is 1.23 bits per heavy atom. The van der Waals surface area contributed by atoms with Crippen LogP contribution < -0.4 is 0 Å². The highest BCUT2D eigenvalue weighted by atomic mass is 32.2. The van der Waals surface area contributed by atoms with E-state index in [1.807, 2.05) is 18.2 Å². The van der Waals surface area contributed by atoms with Crippen molar-refractivity contribution in [1.29, 1.82) is 0 Å². The molecule has 1 heterocycles.